The molecule has 0 bridgehead atoms. The second-order valence-corrected chi connectivity index (χ2v) is 5.77. The van der Waals surface area contributed by atoms with Gasteiger partial charge in [-0.1, -0.05) is 60.7 Å². The number of rotatable bonds is 7. The first kappa shape index (κ1) is 16.0. The molecule has 0 aliphatic carbocycles. The Morgan fingerprint density at radius 3 is 2.25 bits per heavy atom. The Morgan fingerprint density at radius 2 is 1.54 bits per heavy atom. The Balaban J connectivity index is 1.57. The summed E-state index contributed by atoms with van der Waals surface area (Å²) in [5.41, 5.74) is 2.58. The summed E-state index contributed by atoms with van der Waals surface area (Å²) in [7, 11) is 2.04. The normalized spacial score (nSPS) is 10.4. The predicted octanol–water partition coefficient (Wildman–Crippen LogP) is 3.77. The van der Waals surface area contributed by atoms with Crippen LogP contribution in [0.5, 0.6) is 0 Å². The molecule has 0 aliphatic rings. The lowest BCUT2D eigenvalue weighted by molar-refractivity contribution is 0.889. The zero-order valence-electron chi connectivity index (χ0n) is 13.9. The molecule has 1 heterocycles. The van der Waals surface area contributed by atoms with Crippen LogP contribution in [-0.4, -0.2) is 23.6 Å². The van der Waals surface area contributed by atoms with Crippen LogP contribution in [-0.2, 0) is 13.0 Å². The Labute approximate surface area is 143 Å². The van der Waals surface area contributed by atoms with E-state index in [9.17, 15) is 0 Å². The summed E-state index contributed by atoms with van der Waals surface area (Å²) in [4.78, 5) is 10.8. The molecule has 122 valence electrons. The van der Waals surface area contributed by atoms with Gasteiger partial charge in [0, 0.05) is 26.2 Å². The van der Waals surface area contributed by atoms with Crippen molar-refractivity contribution >= 4 is 11.6 Å². The fourth-order valence-electron chi connectivity index (χ4n) is 2.57. The van der Waals surface area contributed by atoms with Crippen molar-refractivity contribution in [3.8, 4) is 0 Å². The van der Waals surface area contributed by atoms with E-state index in [1.807, 2.05) is 25.2 Å². The third-order valence-corrected chi connectivity index (χ3v) is 3.87. The molecule has 4 nitrogen and oxygen atoms in total. The fourth-order valence-corrected chi connectivity index (χ4v) is 2.57. The van der Waals surface area contributed by atoms with Gasteiger partial charge >= 0.3 is 0 Å². The molecule has 0 atom stereocenters. The molecule has 1 aromatic heterocycles. The fraction of sp³-hybridized carbons (Fsp3) is 0.200. The van der Waals surface area contributed by atoms with Gasteiger partial charge in [-0.2, -0.15) is 0 Å². The number of hydrogen-bond donors (Lipinski definition) is 1. The topological polar surface area (TPSA) is 41.0 Å². The largest absolute Gasteiger partial charge is 0.370 e. The predicted molar refractivity (Wildman–Crippen MR) is 99.2 cm³/mol. The monoisotopic (exact) mass is 318 g/mol. The highest BCUT2D eigenvalue weighted by atomic mass is 15.2. The molecule has 0 unspecified atom stereocenters. The summed E-state index contributed by atoms with van der Waals surface area (Å²) in [5, 5.41) is 3.37. The van der Waals surface area contributed by atoms with E-state index < -0.39 is 0 Å². The summed E-state index contributed by atoms with van der Waals surface area (Å²) in [5.74, 6) is 1.77. The van der Waals surface area contributed by atoms with Gasteiger partial charge in [-0.25, -0.2) is 9.97 Å². The van der Waals surface area contributed by atoms with Crippen LogP contribution in [0.1, 0.15) is 11.1 Å². The highest BCUT2D eigenvalue weighted by Gasteiger charge is 2.05. The van der Waals surface area contributed by atoms with Crippen LogP contribution in [0, 0.1) is 0 Å². The summed E-state index contributed by atoms with van der Waals surface area (Å²) >= 11 is 0. The van der Waals surface area contributed by atoms with E-state index in [0.717, 1.165) is 31.1 Å². The van der Waals surface area contributed by atoms with Gasteiger partial charge in [0.2, 0.25) is 0 Å². The van der Waals surface area contributed by atoms with Crippen LogP contribution >= 0.6 is 0 Å². The van der Waals surface area contributed by atoms with Crippen molar-refractivity contribution in [3.63, 3.8) is 0 Å². The Bertz CT molecular complexity index is 744. The lowest BCUT2D eigenvalue weighted by Gasteiger charge is -2.18. The summed E-state index contributed by atoms with van der Waals surface area (Å²) in [6, 6.07) is 22.8. The van der Waals surface area contributed by atoms with E-state index in [1.54, 1.807) is 6.33 Å². The highest BCUT2D eigenvalue weighted by Crippen LogP contribution is 2.15. The van der Waals surface area contributed by atoms with Crippen LogP contribution < -0.4 is 10.2 Å². The molecule has 0 aliphatic heterocycles. The number of nitrogens with zero attached hydrogens (tertiary/aromatic N) is 3. The number of nitrogens with one attached hydrogen (secondary N) is 1. The van der Waals surface area contributed by atoms with Gasteiger partial charge in [-0.05, 0) is 17.5 Å². The van der Waals surface area contributed by atoms with Crippen molar-refractivity contribution in [1.29, 1.82) is 0 Å². The second kappa shape index (κ2) is 8.11. The van der Waals surface area contributed by atoms with Gasteiger partial charge in [-0.3, -0.25) is 0 Å². The van der Waals surface area contributed by atoms with Gasteiger partial charge in [-0.15, -0.1) is 0 Å². The molecule has 3 aromatic rings. The average Bonchev–Trinajstić information content (AvgIpc) is 2.64. The Kier molecular flexibility index (Phi) is 5.40. The molecular weight excluding hydrogens is 296 g/mol. The molecule has 0 radical (unpaired) electrons. The lowest BCUT2D eigenvalue weighted by atomic mass is 10.1. The van der Waals surface area contributed by atoms with Crippen molar-refractivity contribution in [1.82, 2.24) is 9.97 Å². The van der Waals surface area contributed by atoms with Crippen LogP contribution in [0.25, 0.3) is 0 Å². The minimum Gasteiger partial charge on any atom is -0.370 e. The molecule has 0 saturated carbocycles. The van der Waals surface area contributed by atoms with E-state index in [2.05, 4.69) is 68.7 Å². The number of aromatic nitrogens is 2. The molecule has 0 amide bonds. The van der Waals surface area contributed by atoms with Crippen LogP contribution in [0.3, 0.4) is 0 Å². The third kappa shape index (κ3) is 4.56. The standard InChI is InChI=1S/C20H22N4/c1-24(15-18-10-6-3-7-11-18)20-14-19(22-16-23-20)21-13-12-17-8-4-2-5-9-17/h2-11,14,16H,12-13,15H2,1H3,(H,21,22,23). The smallest absolute Gasteiger partial charge is 0.134 e. The maximum Gasteiger partial charge on any atom is 0.134 e. The van der Waals surface area contributed by atoms with Crippen molar-refractivity contribution in [2.45, 2.75) is 13.0 Å². The minimum absolute atomic E-state index is 0.821. The molecule has 0 saturated heterocycles. The minimum atomic E-state index is 0.821. The molecular formula is C20H22N4. The van der Waals surface area contributed by atoms with Crippen LogP contribution in [0.15, 0.2) is 73.1 Å². The quantitative estimate of drug-likeness (QED) is 0.720. The molecule has 0 fully saturated rings. The van der Waals surface area contributed by atoms with Crippen molar-refractivity contribution in [3.05, 3.63) is 84.2 Å². The lowest BCUT2D eigenvalue weighted by Crippen LogP contribution is -2.18. The Hall–Kier alpha value is -2.88. The second-order valence-electron chi connectivity index (χ2n) is 5.77. The molecule has 3 rings (SSSR count). The maximum absolute atomic E-state index is 4.38. The van der Waals surface area contributed by atoms with E-state index in [-0.39, 0.29) is 0 Å². The molecule has 2 aromatic carbocycles. The van der Waals surface area contributed by atoms with Gasteiger partial charge in [0.25, 0.3) is 0 Å². The molecule has 0 spiro atoms. The zero-order valence-corrected chi connectivity index (χ0v) is 13.9. The van der Waals surface area contributed by atoms with Crippen LogP contribution in [0.2, 0.25) is 0 Å². The first-order valence-corrected chi connectivity index (χ1v) is 8.16. The number of benzene rings is 2. The van der Waals surface area contributed by atoms with Crippen molar-refractivity contribution in [2.75, 3.05) is 23.8 Å². The van der Waals surface area contributed by atoms with Gasteiger partial charge in [0.1, 0.15) is 18.0 Å². The first-order valence-electron chi connectivity index (χ1n) is 8.16. The molecule has 24 heavy (non-hydrogen) atoms. The summed E-state index contributed by atoms with van der Waals surface area (Å²) < 4.78 is 0. The summed E-state index contributed by atoms with van der Waals surface area (Å²) in [6.45, 7) is 1.67. The summed E-state index contributed by atoms with van der Waals surface area (Å²) in [6.07, 6.45) is 2.59. The van der Waals surface area contributed by atoms with E-state index in [4.69, 9.17) is 0 Å². The van der Waals surface area contributed by atoms with Crippen molar-refractivity contribution < 1.29 is 0 Å². The van der Waals surface area contributed by atoms with Gasteiger partial charge in [0.05, 0.1) is 0 Å². The first-order chi connectivity index (χ1) is 11.8. The molecule has 4 heteroatoms. The highest BCUT2D eigenvalue weighted by molar-refractivity contribution is 5.48. The van der Waals surface area contributed by atoms with E-state index in [0.29, 0.717) is 0 Å². The zero-order chi connectivity index (χ0) is 16.6. The third-order valence-electron chi connectivity index (χ3n) is 3.87. The van der Waals surface area contributed by atoms with Gasteiger partial charge < -0.3 is 10.2 Å². The number of hydrogen-bond acceptors (Lipinski definition) is 4. The van der Waals surface area contributed by atoms with E-state index >= 15 is 0 Å². The number of anilines is 2. The molecule has 1 N–H and O–H groups in total. The SMILES string of the molecule is CN(Cc1ccccc1)c1cc(NCCc2ccccc2)ncn1. The average molecular weight is 318 g/mol. The van der Waals surface area contributed by atoms with Crippen LogP contribution in [0.4, 0.5) is 11.6 Å². The maximum atomic E-state index is 4.38. The van der Waals surface area contributed by atoms with E-state index in [1.165, 1.54) is 11.1 Å². The Morgan fingerprint density at radius 1 is 0.875 bits per heavy atom. The van der Waals surface area contributed by atoms with Gasteiger partial charge in [0.15, 0.2) is 0 Å². The van der Waals surface area contributed by atoms with Crippen molar-refractivity contribution in [2.24, 2.45) is 0 Å².